The molecule has 3 rings (SSSR count). The van der Waals surface area contributed by atoms with E-state index in [0.29, 0.717) is 5.76 Å². The number of aromatic nitrogens is 1. The molecule has 1 N–H and O–H groups in total. The first-order chi connectivity index (χ1) is 11.8. The number of carbonyl (C=O) groups is 1. The summed E-state index contributed by atoms with van der Waals surface area (Å²) in [5.74, 6) is 0.304. The Bertz CT molecular complexity index is 792. The molecule has 1 aromatic heterocycles. The molecule has 0 fully saturated rings. The van der Waals surface area contributed by atoms with E-state index in [4.69, 9.17) is 4.52 Å². The molecule has 0 spiro atoms. The standard InChI is InChI=1S/C20H20N2O2/c1-2-3-7-15-10-12-17(13-11-15)21-20(23)18-14-19(24-22-18)16-8-5-4-6-9-16/h4-6,8-14H,2-3,7H2,1H3,(H,21,23). The Morgan fingerprint density at radius 1 is 1.08 bits per heavy atom. The molecule has 0 atom stereocenters. The van der Waals surface area contributed by atoms with E-state index in [0.717, 1.165) is 17.7 Å². The van der Waals surface area contributed by atoms with Crippen molar-refractivity contribution in [2.24, 2.45) is 0 Å². The van der Waals surface area contributed by atoms with E-state index >= 15 is 0 Å². The van der Waals surface area contributed by atoms with Crippen molar-refractivity contribution < 1.29 is 9.32 Å². The molecule has 4 nitrogen and oxygen atoms in total. The molecule has 1 heterocycles. The molecule has 2 aromatic carbocycles. The summed E-state index contributed by atoms with van der Waals surface area (Å²) in [6.45, 7) is 2.18. The molecule has 0 saturated carbocycles. The van der Waals surface area contributed by atoms with E-state index in [1.54, 1.807) is 6.07 Å². The molecule has 0 aliphatic rings. The molecular formula is C20H20N2O2. The zero-order valence-electron chi connectivity index (χ0n) is 13.7. The molecule has 0 radical (unpaired) electrons. The fraction of sp³-hybridized carbons (Fsp3) is 0.200. The molecule has 3 aromatic rings. The Labute approximate surface area is 141 Å². The van der Waals surface area contributed by atoms with Gasteiger partial charge in [-0.1, -0.05) is 61.0 Å². The Morgan fingerprint density at radius 2 is 1.83 bits per heavy atom. The van der Waals surface area contributed by atoms with Crippen LogP contribution in [0.25, 0.3) is 11.3 Å². The van der Waals surface area contributed by atoms with E-state index in [9.17, 15) is 4.79 Å². The van der Waals surface area contributed by atoms with Gasteiger partial charge < -0.3 is 9.84 Å². The molecular weight excluding hydrogens is 300 g/mol. The van der Waals surface area contributed by atoms with Gasteiger partial charge in [0.05, 0.1) is 0 Å². The number of nitrogens with zero attached hydrogens (tertiary/aromatic N) is 1. The maximum Gasteiger partial charge on any atom is 0.277 e. The van der Waals surface area contributed by atoms with Crippen molar-refractivity contribution in [1.82, 2.24) is 5.16 Å². The molecule has 0 aliphatic carbocycles. The minimum Gasteiger partial charge on any atom is -0.355 e. The van der Waals surface area contributed by atoms with Crippen LogP contribution in [0.5, 0.6) is 0 Å². The lowest BCUT2D eigenvalue weighted by Crippen LogP contribution is -2.12. The maximum absolute atomic E-state index is 12.3. The molecule has 122 valence electrons. The highest BCUT2D eigenvalue weighted by atomic mass is 16.5. The molecule has 0 bridgehead atoms. The van der Waals surface area contributed by atoms with Gasteiger partial charge in [-0.2, -0.15) is 0 Å². The molecule has 0 unspecified atom stereocenters. The van der Waals surface area contributed by atoms with Crippen LogP contribution < -0.4 is 5.32 Å². The predicted molar refractivity (Wildman–Crippen MR) is 94.9 cm³/mol. The second-order valence-corrected chi connectivity index (χ2v) is 5.70. The van der Waals surface area contributed by atoms with Crippen LogP contribution in [0.4, 0.5) is 5.69 Å². The normalized spacial score (nSPS) is 10.5. The van der Waals surface area contributed by atoms with E-state index < -0.39 is 0 Å². The van der Waals surface area contributed by atoms with Gasteiger partial charge in [0.15, 0.2) is 11.5 Å². The highest BCUT2D eigenvalue weighted by molar-refractivity contribution is 6.03. The Hall–Kier alpha value is -2.88. The number of nitrogens with one attached hydrogen (secondary N) is 1. The highest BCUT2D eigenvalue weighted by Crippen LogP contribution is 2.20. The number of anilines is 1. The van der Waals surface area contributed by atoms with Crippen LogP contribution in [-0.4, -0.2) is 11.1 Å². The Kier molecular flexibility index (Phi) is 5.06. The van der Waals surface area contributed by atoms with Gasteiger partial charge in [-0.05, 0) is 30.5 Å². The summed E-state index contributed by atoms with van der Waals surface area (Å²) in [6.07, 6.45) is 3.41. The quantitative estimate of drug-likeness (QED) is 0.700. The Balaban J connectivity index is 1.66. The first-order valence-corrected chi connectivity index (χ1v) is 8.18. The minimum atomic E-state index is -0.276. The zero-order chi connectivity index (χ0) is 16.8. The average Bonchev–Trinajstić information content (AvgIpc) is 3.12. The SMILES string of the molecule is CCCCc1ccc(NC(=O)c2cc(-c3ccccc3)on2)cc1. The second-order valence-electron chi connectivity index (χ2n) is 5.70. The number of rotatable bonds is 6. The van der Waals surface area contributed by atoms with E-state index in [1.165, 1.54) is 18.4 Å². The first-order valence-electron chi connectivity index (χ1n) is 8.18. The maximum atomic E-state index is 12.3. The monoisotopic (exact) mass is 320 g/mol. The fourth-order valence-electron chi connectivity index (χ4n) is 2.45. The summed E-state index contributed by atoms with van der Waals surface area (Å²) in [4.78, 5) is 12.3. The lowest BCUT2D eigenvalue weighted by Gasteiger charge is -2.04. The Morgan fingerprint density at radius 3 is 2.54 bits per heavy atom. The van der Waals surface area contributed by atoms with Gasteiger partial charge >= 0.3 is 0 Å². The topological polar surface area (TPSA) is 55.1 Å². The summed E-state index contributed by atoms with van der Waals surface area (Å²) >= 11 is 0. The second kappa shape index (κ2) is 7.59. The summed E-state index contributed by atoms with van der Waals surface area (Å²) in [5, 5.41) is 6.70. The van der Waals surface area contributed by atoms with Crippen molar-refractivity contribution >= 4 is 11.6 Å². The van der Waals surface area contributed by atoms with Gasteiger partial charge in [-0.25, -0.2) is 0 Å². The van der Waals surface area contributed by atoms with Crippen LogP contribution in [0.2, 0.25) is 0 Å². The zero-order valence-corrected chi connectivity index (χ0v) is 13.7. The van der Waals surface area contributed by atoms with Gasteiger partial charge in [0.25, 0.3) is 5.91 Å². The number of hydrogen-bond donors (Lipinski definition) is 1. The molecule has 0 aliphatic heterocycles. The number of unbranched alkanes of at least 4 members (excludes halogenated alkanes) is 1. The minimum absolute atomic E-state index is 0.268. The fourth-order valence-corrected chi connectivity index (χ4v) is 2.45. The van der Waals surface area contributed by atoms with Gasteiger partial charge in [-0.15, -0.1) is 0 Å². The third-order valence-electron chi connectivity index (χ3n) is 3.83. The summed E-state index contributed by atoms with van der Waals surface area (Å²) in [7, 11) is 0. The van der Waals surface area contributed by atoms with Gasteiger partial charge in [0.2, 0.25) is 0 Å². The number of amides is 1. The predicted octanol–water partition coefficient (Wildman–Crippen LogP) is 4.94. The van der Waals surface area contributed by atoms with Crippen LogP contribution >= 0.6 is 0 Å². The average molecular weight is 320 g/mol. The van der Waals surface area contributed by atoms with Crippen LogP contribution in [0.3, 0.4) is 0 Å². The van der Waals surface area contributed by atoms with Crippen LogP contribution in [0.15, 0.2) is 65.2 Å². The molecule has 1 amide bonds. The van der Waals surface area contributed by atoms with Crippen molar-refractivity contribution in [2.45, 2.75) is 26.2 Å². The number of benzene rings is 2. The number of hydrogen-bond acceptors (Lipinski definition) is 3. The highest BCUT2D eigenvalue weighted by Gasteiger charge is 2.13. The first kappa shape index (κ1) is 16.0. The molecule has 24 heavy (non-hydrogen) atoms. The lowest BCUT2D eigenvalue weighted by molar-refractivity contribution is 0.101. The van der Waals surface area contributed by atoms with Gasteiger partial charge in [0, 0.05) is 17.3 Å². The van der Waals surface area contributed by atoms with E-state index in [2.05, 4.69) is 17.4 Å². The summed E-state index contributed by atoms with van der Waals surface area (Å²) in [6, 6.07) is 19.2. The third-order valence-corrected chi connectivity index (χ3v) is 3.83. The largest absolute Gasteiger partial charge is 0.355 e. The smallest absolute Gasteiger partial charge is 0.277 e. The lowest BCUT2D eigenvalue weighted by atomic mass is 10.1. The number of aryl methyl sites for hydroxylation is 1. The summed E-state index contributed by atoms with van der Waals surface area (Å²) in [5.41, 5.74) is 3.19. The van der Waals surface area contributed by atoms with Crippen molar-refractivity contribution in [3.05, 3.63) is 71.9 Å². The number of carbonyl (C=O) groups excluding carboxylic acids is 1. The van der Waals surface area contributed by atoms with E-state index in [-0.39, 0.29) is 11.6 Å². The van der Waals surface area contributed by atoms with Gasteiger partial charge in [-0.3, -0.25) is 4.79 Å². The van der Waals surface area contributed by atoms with Crippen molar-refractivity contribution in [3.63, 3.8) is 0 Å². The van der Waals surface area contributed by atoms with Crippen molar-refractivity contribution in [1.29, 1.82) is 0 Å². The molecule has 0 saturated heterocycles. The summed E-state index contributed by atoms with van der Waals surface area (Å²) < 4.78 is 5.26. The van der Waals surface area contributed by atoms with Crippen LogP contribution in [0, 0.1) is 0 Å². The van der Waals surface area contributed by atoms with Crippen molar-refractivity contribution in [2.75, 3.05) is 5.32 Å². The molecule has 4 heteroatoms. The van der Waals surface area contributed by atoms with Crippen LogP contribution in [0.1, 0.15) is 35.8 Å². The van der Waals surface area contributed by atoms with Crippen molar-refractivity contribution in [3.8, 4) is 11.3 Å². The van der Waals surface area contributed by atoms with Gasteiger partial charge in [0.1, 0.15) is 0 Å². The van der Waals surface area contributed by atoms with E-state index in [1.807, 2.05) is 54.6 Å². The third kappa shape index (κ3) is 3.90. The van der Waals surface area contributed by atoms with Crippen LogP contribution in [-0.2, 0) is 6.42 Å².